The zero-order valence-corrected chi connectivity index (χ0v) is 14.6. The SMILES string of the molecule is Cl.O=C(c1cc(COc2c(F)cccc2F)on1)N1[C@@H]2CC[C@H]1CNC2. The summed E-state index contributed by atoms with van der Waals surface area (Å²) in [5, 5.41) is 7.10. The van der Waals surface area contributed by atoms with E-state index in [2.05, 4.69) is 10.5 Å². The molecule has 2 atom stereocenters. The Hall–Kier alpha value is -2.19. The summed E-state index contributed by atoms with van der Waals surface area (Å²) >= 11 is 0. The van der Waals surface area contributed by atoms with E-state index in [0.29, 0.717) is 0 Å². The van der Waals surface area contributed by atoms with Crippen LogP contribution >= 0.6 is 12.4 Å². The Morgan fingerprint density at radius 1 is 1.27 bits per heavy atom. The molecule has 6 nitrogen and oxygen atoms in total. The number of amides is 1. The number of aromatic nitrogens is 1. The van der Waals surface area contributed by atoms with Crippen molar-refractivity contribution in [3.8, 4) is 5.75 Å². The van der Waals surface area contributed by atoms with Crippen LogP contribution in [-0.2, 0) is 6.61 Å². The number of hydrogen-bond donors (Lipinski definition) is 1. The van der Waals surface area contributed by atoms with Gasteiger partial charge in [0.25, 0.3) is 5.91 Å². The van der Waals surface area contributed by atoms with E-state index in [-0.39, 0.29) is 48.5 Å². The monoisotopic (exact) mass is 385 g/mol. The van der Waals surface area contributed by atoms with Crippen molar-refractivity contribution in [1.82, 2.24) is 15.4 Å². The summed E-state index contributed by atoms with van der Waals surface area (Å²) < 4.78 is 37.3. The minimum absolute atomic E-state index is 0. The highest BCUT2D eigenvalue weighted by molar-refractivity contribution is 5.93. The van der Waals surface area contributed by atoms with Gasteiger partial charge < -0.3 is 19.5 Å². The molecular formula is C17H18ClF2N3O3. The lowest BCUT2D eigenvalue weighted by atomic mass is 10.2. The van der Waals surface area contributed by atoms with Crippen molar-refractivity contribution in [2.75, 3.05) is 13.1 Å². The topological polar surface area (TPSA) is 67.6 Å². The van der Waals surface area contributed by atoms with Gasteiger partial charge in [0.15, 0.2) is 28.8 Å². The Morgan fingerprint density at radius 2 is 1.92 bits per heavy atom. The number of nitrogens with one attached hydrogen (secondary N) is 1. The summed E-state index contributed by atoms with van der Waals surface area (Å²) in [5.74, 6) is -2.03. The molecule has 0 saturated carbocycles. The van der Waals surface area contributed by atoms with Crippen LogP contribution in [0.5, 0.6) is 5.75 Å². The van der Waals surface area contributed by atoms with Crippen molar-refractivity contribution in [3.63, 3.8) is 0 Å². The molecule has 2 aromatic rings. The van der Waals surface area contributed by atoms with E-state index in [1.165, 1.54) is 12.1 Å². The number of ether oxygens (including phenoxy) is 1. The van der Waals surface area contributed by atoms with Crippen molar-refractivity contribution in [1.29, 1.82) is 0 Å². The van der Waals surface area contributed by atoms with E-state index in [4.69, 9.17) is 9.26 Å². The number of hydrogen-bond acceptors (Lipinski definition) is 5. The molecule has 0 aliphatic carbocycles. The van der Waals surface area contributed by atoms with E-state index in [9.17, 15) is 13.6 Å². The predicted molar refractivity (Wildman–Crippen MR) is 90.3 cm³/mol. The Labute approximate surface area is 154 Å². The summed E-state index contributed by atoms with van der Waals surface area (Å²) in [6.07, 6.45) is 1.95. The highest BCUT2D eigenvalue weighted by atomic mass is 35.5. The maximum absolute atomic E-state index is 13.5. The highest BCUT2D eigenvalue weighted by Gasteiger charge is 2.40. The van der Waals surface area contributed by atoms with Gasteiger partial charge in [0.05, 0.1) is 0 Å². The number of benzene rings is 1. The van der Waals surface area contributed by atoms with E-state index in [1.54, 1.807) is 0 Å². The standard InChI is InChI=1S/C17H17F2N3O3.ClH/c18-13-2-1-3-14(19)16(13)24-9-12-6-15(21-25-12)17(23)22-10-4-5-11(22)8-20-7-10;/h1-3,6,10-11,20H,4-5,7-9H2;1H/t10-,11+;. The first-order valence-corrected chi connectivity index (χ1v) is 8.19. The predicted octanol–water partition coefficient (Wildman–Crippen LogP) is 2.53. The van der Waals surface area contributed by atoms with Gasteiger partial charge in [-0.15, -0.1) is 12.4 Å². The van der Waals surface area contributed by atoms with Crippen molar-refractivity contribution in [2.45, 2.75) is 31.5 Å². The number of piperazine rings is 1. The van der Waals surface area contributed by atoms with E-state index < -0.39 is 17.4 Å². The molecule has 1 aromatic carbocycles. The Morgan fingerprint density at radius 3 is 2.58 bits per heavy atom. The fraction of sp³-hybridized carbons (Fsp3) is 0.412. The first-order chi connectivity index (χ1) is 12.1. The van der Waals surface area contributed by atoms with Crippen LogP contribution in [-0.4, -0.2) is 41.1 Å². The van der Waals surface area contributed by atoms with Crippen molar-refractivity contribution in [2.24, 2.45) is 0 Å². The molecule has 0 unspecified atom stereocenters. The molecule has 0 spiro atoms. The number of carbonyl (C=O) groups excluding carboxylic acids is 1. The molecule has 2 aliphatic heterocycles. The largest absolute Gasteiger partial charge is 0.479 e. The summed E-state index contributed by atoms with van der Waals surface area (Å²) in [6, 6.07) is 5.28. The third-order valence-corrected chi connectivity index (χ3v) is 4.67. The molecule has 2 bridgehead atoms. The van der Waals surface area contributed by atoms with Crippen LogP contribution in [0.15, 0.2) is 28.8 Å². The number of rotatable bonds is 4. The Balaban J connectivity index is 0.00000196. The number of para-hydroxylation sites is 1. The molecule has 0 radical (unpaired) electrons. The fourth-order valence-electron chi connectivity index (χ4n) is 3.49. The second-order valence-corrected chi connectivity index (χ2v) is 6.27. The van der Waals surface area contributed by atoms with Gasteiger partial charge in [-0.05, 0) is 25.0 Å². The van der Waals surface area contributed by atoms with Gasteiger partial charge in [-0.3, -0.25) is 4.79 Å². The smallest absolute Gasteiger partial charge is 0.276 e. The Bertz CT molecular complexity index is 765. The highest BCUT2D eigenvalue weighted by Crippen LogP contribution is 2.28. The molecule has 9 heteroatoms. The molecule has 2 saturated heterocycles. The minimum Gasteiger partial charge on any atom is -0.479 e. The van der Waals surface area contributed by atoms with Gasteiger partial charge in [0, 0.05) is 31.2 Å². The number of nitrogens with zero attached hydrogens (tertiary/aromatic N) is 2. The van der Waals surface area contributed by atoms with Crippen LogP contribution in [0.1, 0.15) is 29.1 Å². The number of carbonyl (C=O) groups is 1. The van der Waals surface area contributed by atoms with E-state index >= 15 is 0 Å². The molecule has 1 N–H and O–H groups in total. The molecule has 1 amide bonds. The van der Waals surface area contributed by atoms with Gasteiger partial charge >= 0.3 is 0 Å². The molecule has 3 heterocycles. The minimum atomic E-state index is -0.798. The fourth-order valence-corrected chi connectivity index (χ4v) is 3.49. The zero-order chi connectivity index (χ0) is 17.4. The lowest BCUT2D eigenvalue weighted by Crippen LogP contribution is -2.54. The van der Waals surface area contributed by atoms with Crippen molar-refractivity contribution < 1.29 is 22.8 Å². The molecule has 4 rings (SSSR count). The normalized spacial score (nSPS) is 21.4. The second kappa shape index (κ2) is 7.59. The van der Waals surface area contributed by atoms with Gasteiger partial charge in [-0.1, -0.05) is 11.2 Å². The van der Waals surface area contributed by atoms with Gasteiger partial charge in [0.1, 0.15) is 6.61 Å². The second-order valence-electron chi connectivity index (χ2n) is 6.27. The zero-order valence-electron chi connectivity index (χ0n) is 13.8. The van der Waals surface area contributed by atoms with Crippen molar-refractivity contribution >= 4 is 18.3 Å². The lowest BCUT2D eigenvalue weighted by molar-refractivity contribution is 0.0608. The molecule has 2 fully saturated rings. The van der Waals surface area contributed by atoms with Crippen LogP contribution in [0.4, 0.5) is 8.78 Å². The van der Waals surface area contributed by atoms with Crippen LogP contribution < -0.4 is 10.1 Å². The molecule has 2 aliphatic rings. The average molecular weight is 386 g/mol. The molecule has 1 aromatic heterocycles. The van der Waals surface area contributed by atoms with Crippen LogP contribution in [0.2, 0.25) is 0 Å². The average Bonchev–Trinajstić information content (AvgIpc) is 3.16. The maximum atomic E-state index is 13.5. The maximum Gasteiger partial charge on any atom is 0.276 e. The molecule has 26 heavy (non-hydrogen) atoms. The first kappa shape index (κ1) is 18.6. The van der Waals surface area contributed by atoms with Gasteiger partial charge in [-0.2, -0.15) is 0 Å². The Kier molecular flexibility index (Phi) is 5.43. The van der Waals surface area contributed by atoms with Crippen molar-refractivity contribution in [3.05, 3.63) is 47.4 Å². The molecule has 140 valence electrons. The van der Waals surface area contributed by atoms with Crippen LogP contribution in [0.3, 0.4) is 0 Å². The summed E-state index contributed by atoms with van der Waals surface area (Å²) in [7, 11) is 0. The summed E-state index contributed by atoms with van der Waals surface area (Å²) in [6.45, 7) is 1.35. The summed E-state index contributed by atoms with van der Waals surface area (Å²) in [5.41, 5.74) is 0.186. The lowest BCUT2D eigenvalue weighted by Gasteiger charge is -2.34. The quantitative estimate of drug-likeness (QED) is 0.876. The molecular weight excluding hydrogens is 368 g/mol. The van der Waals surface area contributed by atoms with E-state index in [1.807, 2.05) is 4.90 Å². The van der Waals surface area contributed by atoms with Gasteiger partial charge in [-0.25, -0.2) is 8.78 Å². The number of halogens is 3. The number of fused-ring (bicyclic) bond motifs is 2. The van der Waals surface area contributed by atoms with Crippen LogP contribution in [0, 0.1) is 11.6 Å². The first-order valence-electron chi connectivity index (χ1n) is 8.19. The van der Waals surface area contributed by atoms with Crippen LogP contribution in [0.25, 0.3) is 0 Å². The van der Waals surface area contributed by atoms with E-state index in [0.717, 1.165) is 38.1 Å². The van der Waals surface area contributed by atoms with Gasteiger partial charge in [0.2, 0.25) is 0 Å². The third kappa shape index (κ3) is 3.39. The third-order valence-electron chi connectivity index (χ3n) is 4.67. The summed E-state index contributed by atoms with van der Waals surface area (Å²) in [4.78, 5) is 14.5.